The molecule has 1 aromatic heterocycles. The predicted octanol–water partition coefficient (Wildman–Crippen LogP) is 4.77. The smallest absolute Gasteiger partial charge is 0.244 e. The maximum absolute atomic E-state index is 12.5. The number of rotatable bonds is 5. The molecule has 0 fully saturated rings. The summed E-state index contributed by atoms with van der Waals surface area (Å²) in [6.07, 6.45) is 1.77. The van der Waals surface area contributed by atoms with Crippen LogP contribution >= 0.6 is 11.6 Å². The average molecular weight is 355 g/mol. The van der Waals surface area contributed by atoms with Gasteiger partial charge < -0.3 is 9.88 Å². The third-order valence-electron chi connectivity index (χ3n) is 4.02. The minimum Gasteiger partial charge on any atom is -0.337 e. The number of nitrogens with zero attached hydrogens (tertiary/aromatic N) is 1. The summed E-state index contributed by atoms with van der Waals surface area (Å²) in [5.41, 5.74) is 2.21. The van der Waals surface area contributed by atoms with Crippen molar-refractivity contribution in [3.63, 3.8) is 0 Å². The molecule has 5 heteroatoms. The van der Waals surface area contributed by atoms with Crippen LogP contribution in [0, 0.1) is 5.92 Å². The lowest BCUT2D eigenvalue weighted by molar-refractivity contribution is -0.116. The Balaban J connectivity index is 1.87. The van der Waals surface area contributed by atoms with Gasteiger partial charge in [-0.25, -0.2) is 0 Å². The maximum atomic E-state index is 12.5. The van der Waals surface area contributed by atoms with E-state index in [4.69, 9.17) is 11.6 Å². The van der Waals surface area contributed by atoms with Crippen molar-refractivity contribution in [2.24, 2.45) is 5.92 Å². The van der Waals surface area contributed by atoms with Crippen molar-refractivity contribution in [2.45, 2.75) is 20.4 Å². The molecular weight excluding hydrogens is 336 g/mol. The lowest BCUT2D eigenvalue weighted by Crippen LogP contribution is -2.18. The van der Waals surface area contributed by atoms with Crippen molar-refractivity contribution in [2.75, 3.05) is 5.32 Å². The van der Waals surface area contributed by atoms with E-state index >= 15 is 0 Å². The molecule has 1 N–H and O–H groups in total. The molecule has 0 saturated carbocycles. The lowest BCUT2D eigenvalue weighted by Gasteiger charge is -2.07. The fourth-order valence-electron chi connectivity index (χ4n) is 2.77. The number of Topliss-reactive ketones (excluding diaryl/α,β-unsaturated/α-hetero) is 1. The van der Waals surface area contributed by atoms with Gasteiger partial charge in [-0.1, -0.05) is 43.6 Å². The molecule has 0 aliphatic heterocycles. The zero-order valence-corrected chi connectivity index (χ0v) is 14.9. The standard InChI is InChI=1S/C20H19ClN2O2/c1-13(2)20(25)17-11-23(18-6-4-3-5-16(17)18)12-19(24)22-15-9-7-14(21)8-10-15/h3-11,13H,12H2,1-2H3,(H,22,24). The Morgan fingerprint density at radius 3 is 2.44 bits per heavy atom. The quantitative estimate of drug-likeness (QED) is 0.671. The fraction of sp³-hybridized carbons (Fsp3) is 0.200. The number of ketones is 1. The van der Waals surface area contributed by atoms with E-state index < -0.39 is 0 Å². The molecule has 0 radical (unpaired) electrons. The SMILES string of the molecule is CC(C)C(=O)c1cn(CC(=O)Nc2ccc(Cl)cc2)c2ccccc12. The summed E-state index contributed by atoms with van der Waals surface area (Å²) < 4.78 is 1.82. The summed E-state index contributed by atoms with van der Waals surface area (Å²) in [6.45, 7) is 3.89. The molecule has 3 rings (SSSR count). The molecule has 0 atom stereocenters. The highest BCUT2D eigenvalue weighted by Crippen LogP contribution is 2.24. The summed E-state index contributed by atoms with van der Waals surface area (Å²) in [6, 6.07) is 14.6. The number of hydrogen-bond donors (Lipinski definition) is 1. The van der Waals surface area contributed by atoms with Crippen LogP contribution in [0.25, 0.3) is 10.9 Å². The molecule has 3 aromatic rings. The van der Waals surface area contributed by atoms with Gasteiger partial charge in [0.25, 0.3) is 0 Å². The van der Waals surface area contributed by atoms with Crippen molar-refractivity contribution in [1.29, 1.82) is 0 Å². The van der Waals surface area contributed by atoms with Gasteiger partial charge in [0.15, 0.2) is 5.78 Å². The Kier molecular flexibility index (Phi) is 4.91. The lowest BCUT2D eigenvalue weighted by atomic mass is 10.0. The second-order valence-electron chi connectivity index (χ2n) is 6.26. The highest BCUT2D eigenvalue weighted by Gasteiger charge is 2.18. The Morgan fingerprint density at radius 1 is 1.08 bits per heavy atom. The summed E-state index contributed by atoms with van der Waals surface area (Å²) >= 11 is 5.85. The molecule has 2 aromatic carbocycles. The third kappa shape index (κ3) is 3.74. The number of aromatic nitrogens is 1. The molecule has 25 heavy (non-hydrogen) atoms. The summed E-state index contributed by atoms with van der Waals surface area (Å²) in [4.78, 5) is 24.8. The van der Waals surface area contributed by atoms with Crippen LogP contribution < -0.4 is 5.32 Å². The average Bonchev–Trinajstić information content (AvgIpc) is 2.95. The van der Waals surface area contributed by atoms with E-state index in [0.717, 1.165) is 10.9 Å². The number of halogens is 1. The van der Waals surface area contributed by atoms with Gasteiger partial charge in [-0.05, 0) is 30.3 Å². The van der Waals surface area contributed by atoms with E-state index in [1.807, 2.05) is 42.7 Å². The van der Waals surface area contributed by atoms with Crippen molar-refractivity contribution < 1.29 is 9.59 Å². The molecule has 0 bridgehead atoms. The van der Waals surface area contributed by atoms with Crippen LogP contribution in [0.2, 0.25) is 5.02 Å². The van der Waals surface area contributed by atoms with Crippen molar-refractivity contribution >= 4 is 39.9 Å². The first kappa shape index (κ1) is 17.2. The Morgan fingerprint density at radius 2 is 1.76 bits per heavy atom. The van der Waals surface area contributed by atoms with Crippen LogP contribution in [0.15, 0.2) is 54.7 Å². The Labute approximate surface area is 151 Å². The first-order valence-electron chi connectivity index (χ1n) is 8.13. The second kappa shape index (κ2) is 7.11. The monoisotopic (exact) mass is 354 g/mol. The topological polar surface area (TPSA) is 51.1 Å². The minimum absolute atomic E-state index is 0.0769. The number of anilines is 1. The van der Waals surface area contributed by atoms with E-state index in [9.17, 15) is 9.59 Å². The maximum Gasteiger partial charge on any atom is 0.244 e. The van der Waals surface area contributed by atoms with E-state index in [-0.39, 0.29) is 24.2 Å². The molecule has 0 aliphatic carbocycles. The first-order chi connectivity index (χ1) is 12.0. The number of benzene rings is 2. The number of hydrogen-bond acceptors (Lipinski definition) is 2. The molecule has 1 amide bonds. The largest absolute Gasteiger partial charge is 0.337 e. The van der Waals surface area contributed by atoms with Gasteiger partial charge in [0.2, 0.25) is 5.91 Å². The number of para-hydroxylation sites is 1. The van der Waals surface area contributed by atoms with Crippen LogP contribution in [0.1, 0.15) is 24.2 Å². The van der Waals surface area contributed by atoms with Crippen molar-refractivity contribution in [3.05, 3.63) is 65.3 Å². The first-order valence-corrected chi connectivity index (χ1v) is 8.51. The zero-order chi connectivity index (χ0) is 18.0. The van der Waals surface area contributed by atoms with Crippen molar-refractivity contribution in [1.82, 2.24) is 4.57 Å². The molecule has 0 aliphatic rings. The number of carbonyl (C=O) groups is 2. The fourth-order valence-corrected chi connectivity index (χ4v) is 2.90. The van der Waals surface area contributed by atoms with Crippen LogP contribution in [-0.4, -0.2) is 16.3 Å². The van der Waals surface area contributed by atoms with Gasteiger partial charge in [-0.15, -0.1) is 0 Å². The van der Waals surface area contributed by atoms with Crippen LogP contribution in [0.4, 0.5) is 5.69 Å². The number of amides is 1. The Bertz CT molecular complexity index is 927. The molecule has 0 saturated heterocycles. The van der Waals surface area contributed by atoms with Gasteiger partial charge in [0.05, 0.1) is 0 Å². The molecule has 0 spiro atoms. The van der Waals surface area contributed by atoms with Gasteiger partial charge in [-0.3, -0.25) is 9.59 Å². The number of carbonyl (C=O) groups excluding carboxylic acids is 2. The molecule has 1 heterocycles. The van der Waals surface area contributed by atoms with Gasteiger partial charge in [0.1, 0.15) is 6.54 Å². The summed E-state index contributed by atoms with van der Waals surface area (Å²) in [7, 11) is 0. The second-order valence-corrected chi connectivity index (χ2v) is 6.70. The van der Waals surface area contributed by atoms with Crippen LogP contribution in [0.5, 0.6) is 0 Å². The van der Waals surface area contributed by atoms with E-state index in [0.29, 0.717) is 16.3 Å². The number of nitrogens with one attached hydrogen (secondary N) is 1. The highest BCUT2D eigenvalue weighted by atomic mass is 35.5. The van der Waals surface area contributed by atoms with Gasteiger partial charge >= 0.3 is 0 Å². The predicted molar refractivity (Wildman–Crippen MR) is 101 cm³/mol. The Hall–Kier alpha value is -2.59. The number of fused-ring (bicyclic) bond motifs is 1. The van der Waals surface area contributed by atoms with Crippen molar-refractivity contribution in [3.8, 4) is 0 Å². The van der Waals surface area contributed by atoms with Crippen LogP contribution in [0.3, 0.4) is 0 Å². The minimum atomic E-state index is -0.161. The normalized spacial score (nSPS) is 11.0. The molecule has 128 valence electrons. The highest BCUT2D eigenvalue weighted by molar-refractivity contribution is 6.30. The van der Waals surface area contributed by atoms with E-state index in [2.05, 4.69) is 5.32 Å². The van der Waals surface area contributed by atoms with E-state index in [1.54, 1.807) is 30.5 Å². The molecule has 4 nitrogen and oxygen atoms in total. The van der Waals surface area contributed by atoms with Gasteiger partial charge in [0, 0.05) is 39.3 Å². The third-order valence-corrected chi connectivity index (χ3v) is 4.27. The summed E-state index contributed by atoms with van der Waals surface area (Å²) in [5, 5.41) is 4.33. The zero-order valence-electron chi connectivity index (χ0n) is 14.1. The van der Waals surface area contributed by atoms with Crippen LogP contribution in [-0.2, 0) is 11.3 Å². The van der Waals surface area contributed by atoms with Gasteiger partial charge in [-0.2, -0.15) is 0 Å². The molecule has 0 unspecified atom stereocenters. The van der Waals surface area contributed by atoms with E-state index in [1.165, 1.54) is 0 Å². The molecular formula is C20H19ClN2O2. The summed E-state index contributed by atoms with van der Waals surface area (Å²) in [5.74, 6) is -0.179.